The monoisotopic (exact) mass is 423 g/mol. The Kier molecular flexibility index (Phi) is 7.01. The van der Waals surface area contributed by atoms with Gasteiger partial charge in [-0.05, 0) is 11.6 Å². The van der Waals surface area contributed by atoms with Crippen LogP contribution in [0.4, 0.5) is 0 Å². The Balaban J connectivity index is 1.69. The zero-order chi connectivity index (χ0) is 20.1. The van der Waals surface area contributed by atoms with Crippen molar-refractivity contribution in [1.82, 2.24) is 14.8 Å². The van der Waals surface area contributed by atoms with E-state index in [1.807, 2.05) is 23.1 Å². The van der Waals surface area contributed by atoms with Gasteiger partial charge < -0.3 is 14.4 Å². The summed E-state index contributed by atoms with van der Waals surface area (Å²) in [7, 11) is 2.96. The Labute approximate surface area is 172 Å². The van der Waals surface area contributed by atoms with E-state index in [2.05, 4.69) is 4.98 Å². The summed E-state index contributed by atoms with van der Waals surface area (Å²) in [6.07, 6.45) is 0. The summed E-state index contributed by atoms with van der Waals surface area (Å²) < 4.78 is 10.1. The Morgan fingerprint density at radius 2 is 1.93 bits per heavy atom. The molecule has 1 amide bonds. The first-order valence-electron chi connectivity index (χ1n) is 8.84. The number of carbonyl (C=O) groups is 2. The SMILES string of the molecule is COCc1nc(C(=O)N2CCN(C(C(=O)OC)c3ccccc3Cl)CC2)cs1. The molecule has 0 bridgehead atoms. The van der Waals surface area contributed by atoms with Gasteiger partial charge in [0, 0.05) is 43.7 Å². The van der Waals surface area contributed by atoms with Crippen LogP contribution < -0.4 is 0 Å². The average molecular weight is 424 g/mol. The van der Waals surface area contributed by atoms with Crippen LogP contribution in [0.15, 0.2) is 29.6 Å². The molecule has 28 heavy (non-hydrogen) atoms. The minimum Gasteiger partial charge on any atom is -0.468 e. The van der Waals surface area contributed by atoms with E-state index < -0.39 is 6.04 Å². The van der Waals surface area contributed by atoms with Crippen LogP contribution in [0.1, 0.15) is 27.1 Å². The number of piperazine rings is 1. The van der Waals surface area contributed by atoms with E-state index in [-0.39, 0.29) is 11.9 Å². The smallest absolute Gasteiger partial charge is 0.327 e. The van der Waals surface area contributed by atoms with Gasteiger partial charge in [-0.25, -0.2) is 9.78 Å². The number of hydrogen-bond acceptors (Lipinski definition) is 7. The van der Waals surface area contributed by atoms with Crippen LogP contribution in [0.25, 0.3) is 0 Å². The van der Waals surface area contributed by atoms with Gasteiger partial charge in [-0.15, -0.1) is 11.3 Å². The minimum atomic E-state index is -0.594. The third kappa shape index (κ3) is 4.52. The Bertz CT molecular complexity index is 836. The molecule has 7 nitrogen and oxygen atoms in total. The molecule has 0 saturated carbocycles. The molecule has 9 heteroatoms. The van der Waals surface area contributed by atoms with Crippen LogP contribution >= 0.6 is 22.9 Å². The second kappa shape index (κ2) is 9.47. The van der Waals surface area contributed by atoms with Gasteiger partial charge in [0.05, 0.1) is 13.7 Å². The van der Waals surface area contributed by atoms with Crippen LogP contribution in [0.3, 0.4) is 0 Å². The number of rotatable bonds is 6. The maximum absolute atomic E-state index is 12.7. The van der Waals surface area contributed by atoms with E-state index in [1.165, 1.54) is 18.4 Å². The van der Waals surface area contributed by atoms with Crippen molar-refractivity contribution < 1.29 is 19.1 Å². The molecule has 1 aromatic heterocycles. The number of aromatic nitrogens is 1. The van der Waals surface area contributed by atoms with Crippen molar-refractivity contribution >= 4 is 34.8 Å². The molecule has 1 fully saturated rings. The molecule has 1 unspecified atom stereocenters. The Morgan fingerprint density at radius 3 is 2.57 bits per heavy atom. The molecule has 2 heterocycles. The number of hydrogen-bond donors (Lipinski definition) is 0. The number of nitrogens with zero attached hydrogens (tertiary/aromatic N) is 3. The van der Waals surface area contributed by atoms with Gasteiger partial charge in [0.1, 0.15) is 16.7 Å². The third-order valence-electron chi connectivity index (χ3n) is 4.63. The quantitative estimate of drug-likeness (QED) is 0.665. The molecular weight excluding hydrogens is 402 g/mol. The van der Waals surface area contributed by atoms with Crippen LogP contribution in [0.2, 0.25) is 5.02 Å². The molecular formula is C19H22ClN3O4S. The largest absolute Gasteiger partial charge is 0.468 e. The highest BCUT2D eigenvalue weighted by atomic mass is 35.5. The summed E-state index contributed by atoms with van der Waals surface area (Å²) in [5.74, 6) is -0.470. The fourth-order valence-electron chi connectivity index (χ4n) is 3.23. The lowest BCUT2D eigenvalue weighted by Crippen LogP contribution is -2.51. The molecule has 1 saturated heterocycles. The van der Waals surface area contributed by atoms with Crippen LogP contribution in [-0.4, -0.2) is 67.1 Å². The maximum atomic E-state index is 12.7. The minimum absolute atomic E-state index is 0.106. The van der Waals surface area contributed by atoms with Crippen molar-refractivity contribution in [1.29, 1.82) is 0 Å². The molecule has 150 valence electrons. The number of thiazole rings is 1. The van der Waals surface area contributed by atoms with Crippen molar-refractivity contribution in [2.75, 3.05) is 40.4 Å². The molecule has 0 radical (unpaired) electrons. The van der Waals surface area contributed by atoms with Crippen LogP contribution in [0, 0.1) is 0 Å². The van der Waals surface area contributed by atoms with E-state index in [9.17, 15) is 9.59 Å². The first-order chi connectivity index (χ1) is 13.5. The predicted octanol–water partition coefficient (Wildman–Crippen LogP) is 2.62. The van der Waals surface area contributed by atoms with Gasteiger partial charge in [-0.1, -0.05) is 29.8 Å². The second-order valence-electron chi connectivity index (χ2n) is 6.33. The number of esters is 1. The summed E-state index contributed by atoms with van der Waals surface area (Å²) in [5.41, 5.74) is 1.14. The topological polar surface area (TPSA) is 72.0 Å². The van der Waals surface area contributed by atoms with Crippen molar-refractivity contribution in [3.8, 4) is 0 Å². The molecule has 1 aromatic carbocycles. The lowest BCUT2D eigenvalue weighted by molar-refractivity contribution is -0.148. The summed E-state index contributed by atoms with van der Waals surface area (Å²) in [6.45, 7) is 2.45. The second-order valence-corrected chi connectivity index (χ2v) is 7.68. The highest BCUT2D eigenvalue weighted by molar-refractivity contribution is 7.09. The van der Waals surface area contributed by atoms with E-state index in [0.29, 0.717) is 49.1 Å². The van der Waals surface area contributed by atoms with E-state index in [0.717, 1.165) is 5.01 Å². The molecule has 0 spiro atoms. The van der Waals surface area contributed by atoms with Gasteiger partial charge in [-0.2, -0.15) is 0 Å². The maximum Gasteiger partial charge on any atom is 0.327 e. The van der Waals surface area contributed by atoms with Crippen molar-refractivity contribution in [2.24, 2.45) is 0 Å². The Morgan fingerprint density at radius 1 is 1.21 bits per heavy atom. The summed E-state index contributed by atoms with van der Waals surface area (Å²) in [4.78, 5) is 33.2. The fourth-order valence-corrected chi connectivity index (χ4v) is 4.20. The molecule has 1 aliphatic rings. The van der Waals surface area contributed by atoms with E-state index in [1.54, 1.807) is 23.5 Å². The van der Waals surface area contributed by atoms with Gasteiger partial charge in [0.15, 0.2) is 0 Å². The number of benzene rings is 1. The number of halogens is 1. The van der Waals surface area contributed by atoms with Gasteiger partial charge in [-0.3, -0.25) is 9.69 Å². The fraction of sp³-hybridized carbons (Fsp3) is 0.421. The highest BCUT2D eigenvalue weighted by Crippen LogP contribution is 2.29. The third-order valence-corrected chi connectivity index (χ3v) is 5.80. The van der Waals surface area contributed by atoms with Gasteiger partial charge in [0.2, 0.25) is 0 Å². The molecule has 0 N–H and O–H groups in total. The molecule has 1 atom stereocenters. The molecule has 3 rings (SSSR count). The predicted molar refractivity (Wildman–Crippen MR) is 107 cm³/mol. The highest BCUT2D eigenvalue weighted by Gasteiger charge is 2.34. The first-order valence-corrected chi connectivity index (χ1v) is 10.1. The zero-order valence-corrected chi connectivity index (χ0v) is 17.3. The molecule has 1 aliphatic heterocycles. The van der Waals surface area contributed by atoms with Crippen LogP contribution in [-0.2, 0) is 20.9 Å². The van der Waals surface area contributed by atoms with Crippen LogP contribution in [0.5, 0.6) is 0 Å². The number of carbonyl (C=O) groups excluding carboxylic acids is 2. The number of amides is 1. The summed E-state index contributed by atoms with van der Waals surface area (Å²) in [6, 6.07) is 6.66. The van der Waals surface area contributed by atoms with E-state index in [4.69, 9.17) is 21.1 Å². The van der Waals surface area contributed by atoms with Crippen molar-refractivity contribution in [3.63, 3.8) is 0 Å². The number of methoxy groups -OCH3 is 2. The molecule has 2 aromatic rings. The zero-order valence-electron chi connectivity index (χ0n) is 15.8. The standard InChI is InChI=1S/C19H22ClN3O4S/c1-26-11-16-21-15(12-28-16)18(24)23-9-7-22(8-10-23)17(19(25)27-2)13-5-3-4-6-14(13)20/h3-6,12,17H,7-11H2,1-2H3. The van der Waals surface area contributed by atoms with Crippen molar-refractivity contribution in [3.05, 3.63) is 50.9 Å². The van der Waals surface area contributed by atoms with Crippen molar-refractivity contribution in [2.45, 2.75) is 12.6 Å². The van der Waals surface area contributed by atoms with E-state index >= 15 is 0 Å². The average Bonchev–Trinajstić information content (AvgIpc) is 3.18. The van der Waals surface area contributed by atoms with Gasteiger partial charge >= 0.3 is 5.97 Å². The first kappa shape index (κ1) is 20.7. The normalized spacial score (nSPS) is 16.0. The number of ether oxygens (including phenoxy) is 2. The summed E-state index contributed by atoms with van der Waals surface area (Å²) >= 11 is 7.72. The summed E-state index contributed by atoms with van der Waals surface area (Å²) in [5, 5.41) is 3.04. The lowest BCUT2D eigenvalue weighted by atomic mass is 10.0. The lowest BCUT2D eigenvalue weighted by Gasteiger charge is -2.38. The molecule has 0 aliphatic carbocycles. The Hall–Kier alpha value is -2.00. The van der Waals surface area contributed by atoms with Gasteiger partial charge in [0.25, 0.3) is 5.91 Å².